The molecule has 0 saturated carbocycles. The molecule has 2 rings (SSSR count). The summed E-state index contributed by atoms with van der Waals surface area (Å²) >= 11 is 3.55. The molecule has 6 nitrogen and oxygen atoms in total. The molecule has 0 fully saturated rings. The lowest BCUT2D eigenvalue weighted by Crippen LogP contribution is -2.34. The third-order valence-electron chi connectivity index (χ3n) is 5.17. The van der Waals surface area contributed by atoms with Crippen LogP contribution in [0, 0.1) is 5.92 Å². The average molecular weight is 454 g/mol. The predicted molar refractivity (Wildman–Crippen MR) is 110 cm³/mol. The van der Waals surface area contributed by atoms with Gasteiger partial charge in [0.1, 0.15) is 0 Å². The highest BCUT2D eigenvalue weighted by atomic mass is 79.9. The van der Waals surface area contributed by atoms with E-state index >= 15 is 0 Å². The summed E-state index contributed by atoms with van der Waals surface area (Å²) in [7, 11) is 3.11. The fourth-order valence-electron chi connectivity index (χ4n) is 3.37. The lowest BCUT2D eigenvalue weighted by molar-refractivity contribution is -0.141. The van der Waals surface area contributed by atoms with E-state index in [1.165, 1.54) is 0 Å². The van der Waals surface area contributed by atoms with E-state index in [0.717, 1.165) is 22.9 Å². The molecule has 1 aromatic carbocycles. The summed E-state index contributed by atoms with van der Waals surface area (Å²) in [5, 5.41) is 2.76. The summed E-state index contributed by atoms with van der Waals surface area (Å²) in [5.74, 6) is 0.467. The molecular weight excluding hydrogens is 426 g/mol. The Morgan fingerprint density at radius 3 is 2.39 bits per heavy atom. The van der Waals surface area contributed by atoms with Gasteiger partial charge in [-0.2, -0.15) is 0 Å². The van der Waals surface area contributed by atoms with Crippen LogP contribution in [0.2, 0.25) is 0 Å². The van der Waals surface area contributed by atoms with Gasteiger partial charge < -0.3 is 19.5 Å². The van der Waals surface area contributed by atoms with E-state index in [2.05, 4.69) is 35.1 Å². The lowest BCUT2D eigenvalue weighted by atomic mass is 9.84. The Bertz CT molecular complexity index is 770. The molecule has 1 heterocycles. The van der Waals surface area contributed by atoms with E-state index in [4.69, 9.17) is 14.2 Å². The number of esters is 1. The second-order valence-corrected chi connectivity index (χ2v) is 7.71. The molecule has 7 heteroatoms. The number of carbonyl (C=O) groups is 2. The number of amides is 1. The second-order valence-electron chi connectivity index (χ2n) is 6.85. The van der Waals surface area contributed by atoms with Gasteiger partial charge in [0.25, 0.3) is 0 Å². The quantitative estimate of drug-likeness (QED) is 0.593. The minimum Gasteiger partial charge on any atom is -0.493 e. The molecule has 1 aliphatic rings. The van der Waals surface area contributed by atoms with Crippen LogP contribution in [-0.4, -0.2) is 32.7 Å². The molecule has 0 aromatic heterocycles. The molecule has 1 aliphatic heterocycles. The van der Waals surface area contributed by atoms with Gasteiger partial charge in [-0.25, -0.2) is 4.79 Å². The number of nitrogens with one attached hydrogen (secondary N) is 1. The second kappa shape index (κ2) is 9.96. The van der Waals surface area contributed by atoms with Gasteiger partial charge in [-0.1, -0.05) is 42.6 Å². The van der Waals surface area contributed by atoms with Crippen LogP contribution in [0.15, 0.2) is 27.9 Å². The van der Waals surface area contributed by atoms with Crippen molar-refractivity contribution in [3.8, 4) is 11.5 Å². The van der Waals surface area contributed by atoms with Crippen LogP contribution >= 0.6 is 15.9 Å². The molecule has 0 aliphatic carbocycles. The molecule has 0 bridgehead atoms. The number of hydrogen-bond donors (Lipinski definition) is 1. The van der Waals surface area contributed by atoms with E-state index in [1.807, 2.05) is 0 Å². The van der Waals surface area contributed by atoms with Crippen molar-refractivity contribution in [1.82, 2.24) is 5.32 Å². The SMILES string of the molecule is CCC(CC)COC(=O)C1=C(C)NC(=O)CC1c1cc(OC)c(OC)cc1Br. The zero-order chi connectivity index (χ0) is 20.8. The van der Waals surface area contributed by atoms with Gasteiger partial charge in [0.2, 0.25) is 5.91 Å². The molecule has 0 radical (unpaired) electrons. The molecule has 1 amide bonds. The summed E-state index contributed by atoms with van der Waals surface area (Å²) < 4.78 is 17.1. The number of hydrogen-bond acceptors (Lipinski definition) is 5. The van der Waals surface area contributed by atoms with Gasteiger partial charge in [0, 0.05) is 22.5 Å². The minimum absolute atomic E-state index is 0.138. The molecule has 1 N–H and O–H groups in total. The van der Waals surface area contributed by atoms with Crippen LogP contribution < -0.4 is 14.8 Å². The fourth-order valence-corrected chi connectivity index (χ4v) is 3.97. The smallest absolute Gasteiger partial charge is 0.336 e. The van der Waals surface area contributed by atoms with Gasteiger partial charge in [-0.3, -0.25) is 4.79 Å². The number of allylic oxidation sites excluding steroid dienone is 1. The van der Waals surface area contributed by atoms with Crippen LogP contribution in [0.5, 0.6) is 11.5 Å². The predicted octanol–water partition coefficient (Wildman–Crippen LogP) is 4.32. The highest BCUT2D eigenvalue weighted by Crippen LogP contribution is 2.42. The minimum atomic E-state index is -0.433. The number of methoxy groups -OCH3 is 2. The Balaban J connectivity index is 2.42. The van der Waals surface area contributed by atoms with Crippen molar-refractivity contribution in [2.45, 2.75) is 46.0 Å². The number of ether oxygens (including phenoxy) is 3. The number of rotatable bonds is 8. The molecule has 154 valence electrons. The first-order valence-electron chi connectivity index (χ1n) is 9.45. The van der Waals surface area contributed by atoms with Crippen molar-refractivity contribution in [3.05, 3.63) is 33.4 Å². The Hall–Kier alpha value is -2.02. The van der Waals surface area contributed by atoms with Gasteiger partial charge in [0.05, 0.1) is 26.4 Å². The highest BCUT2D eigenvalue weighted by molar-refractivity contribution is 9.10. The van der Waals surface area contributed by atoms with Crippen LogP contribution in [0.3, 0.4) is 0 Å². The Morgan fingerprint density at radius 1 is 1.21 bits per heavy atom. The van der Waals surface area contributed by atoms with Crippen LogP contribution in [0.1, 0.15) is 51.5 Å². The zero-order valence-electron chi connectivity index (χ0n) is 17.1. The van der Waals surface area contributed by atoms with Crippen molar-refractivity contribution in [2.75, 3.05) is 20.8 Å². The Labute approximate surface area is 174 Å². The third-order valence-corrected chi connectivity index (χ3v) is 5.86. The molecule has 1 unspecified atom stereocenters. The first kappa shape index (κ1) is 22.3. The summed E-state index contributed by atoms with van der Waals surface area (Å²) in [6.07, 6.45) is 2.05. The van der Waals surface area contributed by atoms with E-state index in [-0.39, 0.29) is 12.3 Å². The van der Waals surface area contributed by atoms with Gasteiger partial charge in [0.15, 0.2) is 11.5 Å². The van der Waals surface area contributed by atoms with Crippen molar-refractivity contribution in [3.63, 3.8) is 0 Å². The maximum Gasteiger partial charge on any atom is 0.336 e. The van der Waals surface area contributed by atoms with E-state index in [9.17, 15) is 9.59 Å². The van der Waals surface area contributed by atoms with E-state index in [1.54, 1.807) is 33.3 Å². The van der Waals surface area contributed by atoms with Crippen LogP contribution in [-0.2, 0) is 14.3 Å². The summed E-state index contributed by atoms with van der Waals surface area (Å²) in [4.78, 5) is 25.1. The lowest BCUT2D eigenvalue weighted by Gasteiger charge is -2.28. The number of benzene rings is 1. The zero-order valence-corrected chi connectivity index (χ0v) is 18.6. The average Bonchev–Trinajstić information content (AvgIpc) is 2.67. The van der Waals surface area contributed by atoms with Crippen LogP contribution in [0.25, 0.3) is 0 Å². The van der Waals surface area contributed by atoms with Crippen LogP contribution in [0.4, 0.5) is 0 Å². The van der Waals surface area contributed by atoms with Gasteiger partial charge in [-0.05, 0) is 30.5 Å². The first-order valence-corrected chi connectivity index (χ1v) is 10.2. The number of halogens is 1. The van der Waals surface area contributed by atoms with E-state index < -0.39 is 11.9 Å². The van der Waals surface area contributed by atoms with E-state index in [0.29, 0.717) is 35.3 Å². The summed E-state index contributed by atoms with van der Waals surface area (Å²) in [5.41, 5.74) is 1.78. The van der Waals surface area contributed by atoms with Crippen molar-refractivity contribution >= 4 is 27.8 Å². The Morgan fingerprint density at radius 2 is 1.82 bits per heavy atom. The third kappa shape index (κ3) is 4.87. The number of carbonyl (C=O) groups excluding carboxylic acids is 2. The molecule has 0 spiro atoms. The molecule has 0 saturated heterocycles. The fraction of sp³-hybridized carbons (Fsp3) is 0.524. The van der Waals surface area contributed by atoms with Gasteiger partial charge in [-0.15, -0.1) is 0 Å². The summed E-state index contributed by atoms with van der Waals surface area (Å²) in [6.45, 7) is 6.26. The topological polar surface area (TPSA) is 73.9 Å². The highest BCUT2D eigenvalue weighted by Gasteiger charge is 2.34. The standard InChI is InChI=1S/C21H28BrNO5/c1-6-13(7-2)11-28-21(25)20-12(3)23-19(24)9-15(20)14-8-17(26-4)18(27-5)10-16(14)22/h8,10,13,15H,6-7,9,11H2,1-5H3,(H,23,24). The molecule has 1 aromatic rings. The molecule has 28 heavy (non-hydrogen) atoms. The summed E-state index contributed by atoms with van der Waals surface area (Å²) in [6, 6.07) is 3.58. The van der Waals surface area contributed by atoms with Crippen molar-refractivity contribution < 1.29 is 23.8 Å². The van der Waals surface area contributed by atoms with Crippen molar-refractivity contribution in [1.29, 1.82) is 0 Å². The van der Waals surface area contributed by atoms with Crippen molar-refractivity contribution in [2.24, 2.45) is 5.92 Å². The maximum absolute atomic E-state index is 12.9. The normalized spacial score (nSPS) is 16.8. The monoisotopic (exact) mass is 453 g/mol. The largest absolute Gasteiger partial charge is 0.493 e. The molecular formula is C21H28BrNO5. The molecule has 1 atom stereocenters. The van der Waals surface area contributed by atoms with Gasteiger partial charge >= 0.3 is 5.97 Å². The first-order chi connectivity index (χ1) is 13.4. The Kier molecular flexibility index (Phi) is 7.92. The maximum atomic E-state index is 12.9.